The van der Waals surface area contributed by atoms with E-state index in [4.69, 9.17) is 0 Å². The zero-order valence-corrected chi connectivity index (χ0v) is 22.1. The fraction of sp³-hybridized carbons (Fsp3) is 0.966. The molecule has 0 aliphatic heterocycles. The van der Waals surface area contributed by atoms with Crippen LogP contribution in [0.15, 0.2) is 0 Å². The molecule has 0 spiro atoms. The minimum absolute atomic E-state index is 0.599. The van der Waals surface area contributed by atoms with Gasteiger partial charge in [0, 0.05) is 6.42 Å². The zero-order valence-electron chi connectivity index (χ0n) is 22.1. The molecule has 30 heavy (non-hydrogen) atoms. The number of hydrogen-bond acceptors (Lipinski definition) is 1. The second-order valence-corrected chi connectivity index (χ2v) is 10.3. The van der Waals surface area contributed by atoms with Crippen LogP contribution in [0.5, 0.6) is 0 Å². The second-order valence-electron chi connectivity index (χ2n) is 10.3. The minimum Gasteiger partial charge on any atom is -0.303 e. The van der Waals surface area contributed by atoms with Crippen LogP contribution in [-0.4, -0.2) is 6.29 Å². The fourth-order valence-electron chi connectivity index (χ4n) is 8.33. The largest absolute Gasteiger partial charge is 0.303 e. The molecule has 4 aliphatic rings. The van der Waals surface area contributed by atoms with Crippen molar-refractivity contribution in [2.45, 2.75) is 139 Å². The van der Waals surface area contributed by atoms with Gasteiger partial charge in [-0.15, -0.1) is 0 Å². The topological polar surface area (TPSA) is 17.1 Å². The molecule has 1 heteroatoms. The predicted octanol–water partition coefficient (Wildman–Crippen LogP) is 9.48. The number of carbonyl (C=O) groups excluding carboxylic acids is 1. The highest BCUT2D eigenvalue weighted by atomic mass is 16.1. The molecule has 0 saturated heterocycles. The third-order valence-electron chi connectivity index (χ3n) is 9.65. The summed E-state index contributed by atoms with van der Waals surface area (Å²) in [5.74, 6) is 5.00. The molecule has 7 atom stereocenters. The number of hydrogen-bond donors (Lipinski definition) is 0. The summed E-state index contributed by atoms with van der Waals surface area (Å²) in [6.07, 6.45) is 19.4. The van der Waals surface area contributed by atoms with Gasteiger partial charge in [-0.2, -0.15) is 0 Å². The summed E-state index contributed by atoms with van der Waals surface area (Å²) >= 11 is 0. The third-order valence-corrected chi connectivity index (χ3v) is 9.65. The van der Waals surface area contributed by atoms with Crippen molar-refractivity contribution in [1.29, 1.82) is 0 Å². The van der Waals surface area contributed by atoms with E-state index >= 15 is 0 Å². The number of aldehydes is 1. The van der Waals surface area contributed by atoms with Crippen LogP contribution in [0.1, 0.15) is 139 Å². The molecule has 0 heterocycles. The van der Waals surface area contributed by atoms with Crippen molar-refractivity contribution in [1.82, 2.24) is 0 Å². The first-order chi connectivity index (χ1) is 14.6. The van der Waals surface area contributed by atoms with Crippen LogP contribution in [0.4, 0.5) is 0 Å². The summed E-state index contributed by atoms with van der Waals surface area (Å²) in [4.78, 5) is 10.7. The Balaban J connectivity index is 0.000000691. The van der Waals surface area contributed by atoms with E-state index in [9.17, 15) is 4.79 Å². The Morgan fingerprint density at radius 3 is 2.07 bits per heavy atom. The summed E-state index contributed by atoms with van der Waals surface area (Å²) in [5.41, 5.74) is 1.28. The van der Waals surface area contributed by atoms with E-state index in [2.05, 4.69) is 13.8 Å². The van der Waals surface area contributed by atoms with Crippen molar-refractivity contribution < 1.29 is 4.79 Å². The molecule has 0 amide bonds. The van der Waals surface area contributed by atoms with Crippen LogP contribution in [0.2, 0.25) is 0 Å². The monoisotopic (exact) mass is 420 g/mol. The van der Waals surface area contributed by atoms with Crippen LogP contribution in [0, 0.1) is 40.4 Å². The summed E-state index contributed by atoms with van der Waals surface area (Å²) in [6.45, 7) is 17.3. The van der Waals surface area contributed by atoms with Gasteiger partial charge in [0.05, 0.1) is 0 Å². The van der Waals surface area contributed by atoms with Crippen molar-refractivity contribution in [3.8, 4) is 0 Å². The number of unbranched alkanes of at least 4 members (excludes halogenated alkanes) is 1. The lowest BCUT2D eigenvalue weighted by molar-refractivity contribution is -0.112. The predicted molar refractivity (Wildman–Crippen MR) is 134 cm³/mol. The van der Waals surface area contributed by atoms with Gasteiger partial charge in [0.25, 0.3) is 0 Å². The smallest absolute Gasteiger partial charge is 0.119 e. The van der Waals surface area contributed by atoms with Crippen molar-refractivity contribution >= 4 is 6.29 Å². The van der Waals surface area contributed by atoms with Crippen LogP contribution in [0.25, 0.3) is 0 Å². The number of carbonyl (C=O) groups is 1. The van der Waals surface area contributed by atoms with Gasteiger partial charge >= 0.3 is 0 Å². The lowest BCUT2D eigenvalue weighted by Gasteiger charge is -2.60. The van der Waals surface area contributed by atoms with Crippen molar-refractivity contribution in [3.63, 3.8) is 0 Å². The highest BCUT2D eigenvalue weighted by Gasteiger charge is 2.59. The molecule has 0 bridgehead atoms. The lowest BCUT2D eigenvalue weighted by Crippen LogP contribution is -2.52. The summed E-state index contributed by atoms with van der Waals surface area (Å²) in [7, 11) is 0. The van der Waals surface area contributed by atoms with E-state index in [-0.39, 0.29) is 0 Å². The molecule has 0 N–H and O–H groups in total. The quantitative estimate of drug-likeness (QED) is 0.327. The molecule has 4 aliphatic carbocycles. The normalized spacial score (nSPS) is 41.1. The molecule has 4 rings (SSSR count). The Kier molecular flexibility index (Phi) is 12.3. The molecule has 4 saturated carbocycles. The Morgan fingerprint density at radius 2 is 1.40 bits per heavy atom. The van der Waals surface area contributed by atoms with Crippen LogP contribution < -0.4 is 0 Å². The Morgan fingerprint density at radius 1 is 0.733 bits per heavy atom. The van der Waals surface area contributed by atoms with Gasteiger partial charge in [-0.1, -0.05) is 68.2 Å². The first-order valence-corrected chi connectivity index (χ1v) is 14.0. The van der Waals surface area contributed by atoms with Gasteiger partial charge < -0.3 is 4.79 Å². The molecule has 0 aromatic heterocycles. The van der Waals surface area contributed by atoms with Crippen molar-refractivity contribution in [2.24, 2.45) is 40.4 Å². The van der Waals surface area contributed by atoms with Gasteiger partial charge in [0.2, 0.25) is 0 Å². The van der Waals surface area contributed by atoms with Gasteiger partial charge in [-0.25, -0.2) is 0 Å². The molecule has 1 nitrogen and oxygen atoms in total. The Hall–Kier alpha value is -0.330. The molecule has 178 valence electrons. The lowest BCUT2D eigenvalue weighted by atomic mass is 9.45. The maximum Gasteiger partial charge on any atom is 0.119 e. The van der Waals surface area contributed by atoms with Gasteiger partial charge in [0.15, 0.2) is 0 Å². The molecular formula is C29H56O. The van der Waals surface area contributed by atoms with Gasteiger partial charge in [0.1, 0.15) is 6.29 Å². The zero-order chi connectivity index (χ0) is 22.8. The molecular weight excluding hydrogens is 364 g/mol. The highest BCUT2D eigenvalue weighted by Crippen LogP contribution is 2.67. The minimum atomic E-state index is 0.599. The van der Waals surface area contributed by atoms with E-state index in [0.29, 0.717) is 10.8 Å². The SMILES string of the molecule is CC.CC.CC.CC12CCCCC1CCC1C2CCC2(C)C(CCCC=O)CCC12. The van der Waals surface area contributed by atoms with Crippen molar-refractivity contribution in [2.75, 3.05) is 0 Å². The number of fused-ring (bicyclic) bond motifs is 5. The Labute approximate surface area is 190 Å². The molecule has 0 aromatic rings. The van der Waals surface area contributed by atoms with Crippen molar-refractivity contribution in [3.05, 3.63) is 0 Å². The van der Waals surface area contributed by atoms with Crippen LogP contribution in [0.3, 0.4) is 0 Å². The first-order valence-electron chi connectivity index (χ1n) is 14.0. The van der Waals surface area contributed by atoms with Gasteiger partial charge in [-0.3, -0.25) is 0 Å². The molecule has 0 aromatic carbocycles. The Bertz CT molecular complexity index is 471. The molecule has 0 radical (unpaired) electrons. The van der Waals surface area contributed by atoms with Crippen LogP contribution in [-0.2, 0) is 4.79 Å². The average Bonchev–Trinajstić information content (AvgIpc) is 3.14. The summed E-state index contributed by atoms with van der Waals surface area (Å²) in [5, 5.41) is 0. The second kappa shape index (κ2) is 13.3. The van der Waals surface area contributed by atoms with E-state index in [0.717, 1.165) is 48.7 Å². The third kappa shape index (κ3) is 5.35. The number of rotatable bonds is 4. The summed E-state index contributed by atoms with van der Waals surface area (Å²) in [6, 6.07) is 0. The molecule has 7 unspecified atom stereocenters. The fourth-order valence-corrected chi connectivity index (χ4v) is 8.33. The van der Waals surface area contributed by atoms with E-state index in [1.807, 2.05) is 41.5 Å². The van der Waals surface area contributed by atoms with E-state index in [1.54, 1.807) is 0 Å². The van der Waals surface area contributed by atoms with E-state index < -0.39 is 0 Å². The maximum atomic E-state index is 10.7. The summed E-state index contributed by atoms with van der Waals surface area (Å²) < 4.78 is 0. The van der Waals surface area contributed by atoms with Crippen LogP contribution >= 0.6 is 0 Å². The molecule has 4 fully saturated rings. The first kappa shape index (κ1) is 27.7. The maximum absolute atomic E-state index is 10.7. The standard InChI is InChI=1S/C23H38O.3C2H6/c1-22-14-5-3-7-17(22)9-11-19-20-12-10-18(8-4-6-16-24)23(20,2)15-13-21(19)22;3*1-2/h16-21H,3-15H2,1-2H3;3*1-2H3. The van der Waals surface area contributed by atoms with E-state index in [1.165, 1.54) is 70.6 Å². The highest BCUT2D eigenvalue weighted by molar-refractivity contribution is 5.48. The van der Waals surface area contributed by atoms with Gasteiger partial charge in [-0.05, 0) is 105 Å². The average molecular weight is 421 g/mol.